The summed E-state index contributed by atoms with van der Waals surface area (Å²) >= 11 is 6.67. The highest BCUT2D eigenvalue weighted by atomic mass is 79.9. The fourth-order valence-electron chi connectivity index (χ4n) is 1.78. The van der Waals surface area contributed by atoms with E-state index >= 15 is 0 Å². The summed E-state index contributed by atoms with van der Waals surface area (Å²) in [5.74, 6) is 0.446. The first-order valence-corrected chi connectivity index (χ1v) is 7.69. The van der Waals surface area contributed by atoms with Crippen LogP contribution in [-0.4, -0.2) is 7.05 Å². The first-order chi connectivity index (χ1) is 9.51. The fraction of sp³-hybridized carbons (Fsp3) is 0.200. The maximum atomic E-state index is 13.9. The molecule has 0 aliphatic heterocycles. The number of nitrogens with one attached hydrogen (secondary N) is 1. The zero-order chi connectivity index (χ0) is 14.7. The lowest BCUT2D eigenvalue weighted by atomic mass is 10.1. The van der Waals surface area contributed by atoms with E-state index in [-0.39, 0.29) is 11.8 Å². The molecule has 1 N–H and O–H groups in total. The molecule has 0 saturated carbocycles. The Labute approximate surface area is 134 Å². The maximum absolute atomic E-state index is 13.9. The van der Waals surface area contributed by atoms with E-state index in [1.807, 2.05) is 32.2 Å². The lowest BCUT2D eigenvalue weighted by Crippen LogP contribution is -2.13. The van der Waals surface area contributed by atoms with Gasteiger partial charge in [0, 0.05) is 20.6 Å². The van der Waals surface area contributed by atoms with Gasteiger partial charge in [-0.2, -0.15) is 0 Å². The largest absolute Gasteiger partial charge is 0.454 e. The van der Waals surface area contributed by atoms with E-state index in [9.17, 15) is 4.39 Å². The molecule has 0 radical (unpaired) electrons. The molecule has 0 saturated heterocycles. The molecule has 1 atom stereocenters. The summed E-state index contributed by atoms with van der Waals surface area (Å²) in [6.07, 6.45) is 0. The Bertz CT molecular complexity index is 619. The third-order valence-corrected chi connectivity index (χ3v) is 3.97. The molecule has 0 aromatic heterocycles. The highest BCUT2D eigenvalue weighted by molar-refractivity contribution is 9.10. The van der Waals surface area contributed by atoms with Crippen LogP contribution in [0.25, 0.3) is 0 Å². The molecule has 1 unspecified atom stereocenters. The zero-order valence-corrected chi connectivity index (χ0v) is 14.3. The highest BCUT2D eigenvalue weighted by Crippen LogP contribution is 2.33. The number of ether oxygens (including phenoxy) is 1. The van der Waals surface area contributed by atoms with E-state index in [2.05, 4.69) is 37.2 Å². The van der Waals surface area contributed by atoms with E-state index in [4.69, 9.17) is 4.74 Å². The lowest BCUT2D eigenvalue weighted by molar-refractivity contribution is 0.431. The van der Waals surface area contributed by atoms with Gasteiger partial charge in [-0.15, -0.1) is 0 Å². The summed E-state index contributed by atoms with van der Waals surface area (Å²) in [6.45, 7) is 2.02. The van der Waals surface area contributed by atoms with Gasteiger partial charge in [-0.25, -0.2) is 4.39 Å². The van der Waals surface area contributed by atoms with Gasteiger partial charge in [0.25, 0.3) is 0 Å². The van der Waals surface area contributed by atoms with Gasteiger partial charge < -0.3 is 10.1 Å². The van der Waals surface area contributed by atoms with Gasteiger partial charge in [-0.05, 0) is 50.4 Å². The molecule has 2 aromatic rings. The van der Waals surface area contributed by atoms with Crippen LogP contribution in [0.15, 0.2) is 45.3 Å². The van der Waals surface area contributed by atoms with Crippen molar-refractivity contribution in [2.45, 2.75) is 13.0 Å². The molecule has 5 heteroatoms. The summed E-state index contributed by atoms with van der Waals surface area (Å²) < 4.78 is 21.2. The standard InChI is InChI=1S/C15H14Br2FNO/c1-9(19-2)12-7-10(16)3-5-14(12)20-15-6-4-11(17)8-13(15)18/h3-9,19H,1-2H3. The second-order valence-electron chi connectivity index (χ2n) is 4.37. The van der Waals surface area contributed by atoms with Gasteiger partial charge in [-0.3, -0.25) is 0 Å². The van der Waals surface area contributed by atoms with Crippen LogP contribution in [0, 0.1) is 5.82 Å². The highest BCUT2D eigenvalue weighted by Gasteiger charge is 2.13. The predicted molar refractivity (Wildman–Crippen MR) is 85.8 cm³/mol. The van der Waals surface area contributed by atoms with E-state index in [1.165, 1.54) is 6.07 Å². The molecule has 106 valence electrons. The van der Waals surface area contributed by atoms with Crippen molar-refractivity contribution in [2.75, 3.05) is 7.05 Å². The monoisotopic (exact) mass is 401 g/mol. The van der Waals surface area contributed by atoms with Crippen LogP contribution < -0.4 is 10.1 Å². The van der Waals surface area contributed by atoms with Crippen molar-refractivity contribution in [1.29, 1.82) is 0 Å². The Hall–Kier alpha value is -0.910. The van der Waals surface area contributed by atoms with Crippen molar-refractivity contribution in [2.24, 2.45) is 0 Å². The normalized spacial score (nSPS) is 12.2. The number of benzene rings is 2. The van der Waals surface area contributed by atoms with Crippen LogP contribution in [-0.2, 0) is 0 Å². The fourth-order valence-corrected chi connectivity index (χ4v) is 2.49. The molecule has 2 nitrogen and oxygen atoms in total. The molecular formula is C15H14Br2FNO. The minimum absolute atomic E-state index is 0.0982. The minimum Gasteiger partial charge on any atom is -0.454 e. The molecule has 0 amide bonds. The molecule has 0 bridgehead atoms. The summed E-state index contributed by atoms with van der Waals surface area (Å²) in [6, 6.07) is 10.5. The van der Waals surface area contributed by atoms with E-state index < -0.39 is 5.82 Å². The molecule has 0 fully saturated rings. The van der Waals surface area contributed by atoms with Crippen LogP contribution >= 0.6 is 31.9 Å². The van der Waals surface area contributed by atoms with Crippen molar-refractivity contribution < 1.29 is 9.13 Å². The Morgan fingerprint density at radius 3 is 2.25 bits per heavy atom. The van der Waals surface area contributed by atoms with Crippen LogP contribution in [0.2, 0.25) is 0 Å². The maximum Gasteiger partial charge on any atom is 0.166 e. The topological polar surface area (TPSA) is 21.3 Å². The third-order valence-electron chi connectivity index (χ3n) is 2.99. The van der Waals surface area contributed by atoms with Crippen molar-refractivity contribution in [1.82, 2.24) is 5.32 Å². The summed E-state index contributed by atoms with van der Waals surface area (Å²) in [7, 11) is 1.87. The second-order valence-corrected chi connectivity index (χ2v) is 6.20. The Morgan fingerprint density at radius 2 is 1.65 bits per heavy atom. The van der Waals surface area contributed by atoms with Crippen LogP contribution in [0.4, 0.5) is 4.39 Å². The summed E-state index contributed by atoms with van der Waals surface area (Å²) in [5, 5.41) is 3.16. The van der Waals surface area contributed by atoms with Gasteiger partial charge in [0.15, 0.2) is 11.6 Å². The predicted octanol–water partition coefficient (Wildman–Crippen LogP) is 5.42. The molecule has 0 aliphatic carbocycles. The number of halogens is 3. The van der Waals surface area contributed by atoms with Gasteiger partial charge in [0.05, 0.1) is 0 Å². The smallest absolute Gasteiger partial charge is 0.166 e. The van der Waals surface area contributed by atoms with Crippen molar-refractivity contribution in [3.63, 3.8) is 0 Å². The van der Waals surface area contributed by atoms with E-state index in [0.717, 1.165) is 10.0 Å². The molecule has 2 aromatic carbocycles. The molecule has 0 heterocycles. The zero-order valence-electron chi connectivity index (χ0n) is 11.1. The molecule has 2 rings (SSSR count). The van der Waals surface area contributed by atoms with E-state index in [1.54, 1.807) is 12.1 Å². The summed E-state index contributed by atoms with van der Waals surface area (Å²) in [4.78, 5) is 0. The average molecular weight is 403 g/mol. The Morgan fingerprint density at radius 1 is 1.05 bits per heavy atom. The number of hydrogen-bond acceptors (Lipinski definition) is 2. The SMILES string of the molecule is CNC(C)c1cc(Br)ccc1Oc1ccc(Br)cc1F. The number of hydrogen-bond donors (Lipinski definition) is 1. The average Bonchev–Trinajstić information content (AvgIpc) is 2.42. The Balaban J connectivity index is 2.37. The van der Waals surface area contributed by atoms with E-state index in [0.29, 0.717) is 10.2 Å². The van der Waals surface area contributed by atoms with Crippen molar-refractivity contribution in [3.8, 4) is 11.5 Å². The second kappa shape index (κ2) is 6.70. The van der Waals surface area contributed by atoms with Crippen molar-refractivity contribution in [3.05, 3.63) is 56.7 Å². The molecule has 0 spiro atoms. The summed E-state index contributed by atoms with van der Waals surface area (Å²) in [5.41, 5.74) is 0.962. The third kappa shape index (κ3) is 3.59. The first-order valence-electron chi connectivity index (χ1n) is 6.11. The molecule has 0 aliphatic rings. The lowest BCUT2D eigenvalue weighted by Gasteiger charge is -2.17. The number of rotatable bonds is 4. The molecular weight excluding hydrogens is 389 g/mol. The van der Waals surface area contributed by atoms with Gasteiger partial charge in [0.2, 0.25) is 0 Å². The van der Waals surface area contributed by atoms with Gasteiger partial charge >= 0.3 is 0 Å². The molecule has 20 heavy (non-hydrogen) atoms. The first kappa shape index (κ1) is 15.5. The van der Waals surface area contributed by atoms with Crippen LogP contribution in [0.3, 0.4) is 0 Å². The van der Waals surface area contributed by atoms with Crippen molar-refractivity contribution >= 4 is 31.9 Å². The van der Waals surface area contributed by atoms with Crippen LogP contribution in [0.5, 0.6) is 11.5 Å². The van der Waals surface area contributed by atoms with Gasteiger partial charge in [0.1, 0.15) is 5.75 Å². The minimum atomic E-state index is -0.398. The van der Waals surface area contributed by atoms with Gasteiger partial charge in [-0.1, -0.05) is 31.9 Å². The Kier molecular flexibility index (Phi) is 5.18. The quantitative estimate of drug-likeness (QED) is 0.736. The van der Waals surface area contributed by atoms with Crippen LogP contribution in [0.1, 0.15) is 18.5 Å².